The molecule has 0 aliphatic rings. The minimum Gasteiger partial charge on any atom is -0.504 e. The molecule has 2 rings (SSSR count). The lowest BCUT2D eigenvalue weighted by atomic mass is 10.1. The Kier molecular flexibility index (Phi) is 4.50. The van der Waals surface area contributed by atoms with Gasteiger partial charge in [0.25, 0.3) is 5.56 Å². The fourth-order valence-corrected chi connectivity index (χ4v) is 2.21. The standard InChI is InChI=1S/C14H13N3O3S/c1-3-20-10-6-4-5-8(12(10)18)11-9(7-15)13(19)17-14(16-11)21-2/h4-6,18H,3H2,1-2H3,(H,16,17,19). The largest absolute Gasteiger partial charge is 0.504 e. The van der Waals surface area contributed by atoms with E-state index in [0.717, 1.165) is 0 Å². The van der Waals surface area contributed by atoms with Gasteiger partial charge in [-0.25, -0.2) is 4.98 Å². The predicted octanol–water partition coefficient (Wildman–Crippen LogP) is 2.13. The molecule has 2 aromatic rings. The van der Waals surface area contributed by atoms with Gasteiger partial charge in [-0.3, -0.25) is 4.79 Å². The topological polar surface area (TPSA) is 99.0 Å². The van der Waals surface area contributed by atoms with Gasteiger partial charge in [0.1, 0.15) is 17.3 Å². The highest BCUT2D eigenvalue weighted by Gasteiger charge is 2.18. The van der Waals surface area contributed by atoms with Crippen molar-refractivity contribution in [1.82, 2.24) is 9.97 Å². The van der Waals surface area contributed by atoms with E-state index in [1.165, 1.54) is 11.8 Å². The minimum absolute atomic E-state index is 0.138. The molecule has 0 unspecified atom stereocenters. The summed E-state index contributed by atoms with van der Waals surface area (Å²) in [5.74, 6) is 0.146. The van der Waals surface area contributed by atoms with Crippen LogP contribution in [0, 0.1) is 11.3 Å². The molecule has 21 heavy (non-hydrogen) atoms. The Hall–Kier alpha value is -2.46. The van der Waals surface area contributed by atoms with Gasteiger partial charge in [-0.2, -0.15) is 5.26 Å². The van der Waals surface area contributed by atoms with E-state index in [4.69, 9.17) is 10.00 Å². The number of phenols is 1. The fourth-order valence-electron chi connectivity index (χ4n) is 1.83. The maximum atomic E-state index is 11.9. The van der Waals surface area contributed by atoms with Crippen LogP contribution in [0.3, 0.4) is 0 Å². The van der Waals surface area contributed by atoms with Gasteiger partial charge in [0.2, 0.25) is 0 Å². The van der Waals surface area contributed by atoms with Crippen molar-refractivity contribution >= 4 is 11.8 Å². The molecule has 0 aliphatic heterocycles. The van der Waals surface area contributed by atoms with E-state index in [1.54, 1.807) is 31.4 Å². The second-order valence-electron chi connectivity index (χ2n) is 4.00. The van der Waals surface area contributed by atoms with E-state index < -0.39 is 5.56 Å². The summed E-state index contributed by atoms with van der Waals surface area (Å²) in [5, 5.41) is 19.8. The molecule has 0 bridgehead atoms. The lowest BCUT2D eigenvalue weighted by molar-refractivity contribution is 0.318. The first-order valence-corrected chi connectivity index (χ1v) is 7.38. The third-order valence-corrected chi connectivity index (χ3v) is 3.34. The average Bonchev–Trinajstić information content (AvgIpc) is 2.48. The van der Waals surface area contributed by atoms with Crippen molar-refractivity contribution in [2.75, 3.05) is 12.9 Å². The first-order chi connectivity index (χ1) is 10.1. The monoisotopic (exact) mass is 303 g/mol. The Bertz CT molecular complexity index is 765. The molecule has 0 spiro atoms. The van der Waals surface area contributed by atoms with Crippen LogP contribution in [0.2, 0.25) is 0 Å². The zero-order valence-corrected chi connectivity index (χ0v) is 12.3. The molecule has 0 radical (unpaired) electrons. The van der Waals surface area contributed by atoms with Crippen molar-refractivity contribution in [3.05, 3.63) is 34.1 Å². The van der Waals surface area contributed by atoms with Gasteiger partial charge >= 0.3 is 0 Å². The molecule has 1 aromatic heterocycles. The van der Waals surface area contributed by atoms with Gasteiger partial charge in [0.15, 0.2) is 16.7 Å². The molecule has 0 atom stereocenters. The molecule has 108 valence electrons. The zero-order chi connectivity index (χ0) is 15.4. The SMILES string of the molecule is CCOc1cccc(-c2nc(SC)[nH]c(=O)c2C#N)c1O. The Morgan fingerprint density at radius 1 is 1.52 bits per heavy atom. The summed E-state index contributed by atoms with van der Waals surface area (Å²) in [6.45, 7) is 2.19. The normalized spacial score (nSPS) is 10.1. The highest BCUT2D eigenvalue weighted by molar-refractivity contribution is 7.98. The first kappa shape index (κ1) is 14.9. The molecule has 2 N–H and O–H groups in total. The van der Waals surface area contributed by atoms with Crippen molar-refractivity contribution in [3.63, 3.8) is 0 Å². The van der Waals surface area contributed by atoms with Crippen molar-refractivity contribution in [2.45, 2.75) is 12.1 Å². The van der Waals surface area contributed by atoms with Crippen LogP contribution in [0.1, 0.15) is 12.5 Å². The zero-order valence-electron chi connectivity index (χ0n) is 11.5. The number of phenolic OH excluding ortho intramolecular Hbond substituents is 1. The molecule has 0 saturated carbocycles. The number of hydrogen-bond acceptors (Lipinski definition) is 6. The summed E-state index contributed by atoms with van der Waals surface area (Å²) in [6, 6.07) is 6.69. The number of thioether (sulfide) groups is 1. The fraction of sp³-hybridized carbons (Fsp3) is 0.214. The average molecular weight is 303 g/mol. The van der Waals surface area contributed by atoms with Gasteiger partial charge in [0, 0.05) is 5.56 Å². The molecular weight excluding hydrogens is 290 g/mol. The number of ether oxygens (including phenoxy) is 1. The van der Waals surface area contributed by atoms with Crippen molar-refractivity contribution in [2.24, 2.45) is 0 Å². The molecule has 7 heteroatoms. The summed E-state index contributed by atoms with van der Waals surface area (Å²) in [4.78, 5) is 18.6. The van der Waals surface area contributed by atoms with E-state index in [1.807, 2.05) is 6.07 Å². The number of nitrogens with zero attached hydrogens (tertiary/aromatic N) is 2. The molecule has 0 amide bonds. The number of hydrogen-bond donors (Lipinski definition) is 2. The number of aromatic nitrogens is 2. The Labute approximate surface area is 125 Å². The predicted molar refractivity (Wildman–Crippen MR) is 79.6 cm³/mol. The summed E-state index contributed by atoms with van der Waals surface area (Å²) in [7, 11) is 0. The van der Waals surface area contributed by atoms with E-state index in [9.17, 15) is 9.90 Å². The van der Waals surface area contributed by atoms with Crippen LogP contribution < -0.4 is 10.3 Å². The third-order valence-electron chi connectivity index (χ3n) is 2.76. The molecule has 0 aliphatic carbocycles. The van der Waals surface area contributed by atoms with Crippen LogP contribution in [-0.4, -0.2) is 27.9 Å². The Balaban J connectivity index is 2.72. The number of aromatic amines is 1. The summed E-state index contributed by atoms with van der Waals surface area (Å²) in [5.41, 5.74) is -0.242. The van der Waals surface area contributed by atoms with Crippen LogP contribution >= 0.6 is 11.8 Å². The number of benzene rings is 1. The minimum atomic E-state index is -0.534. The van der Waals surface area contributed by atoms with E-state index in [0.29, 0.717) is 17.3 Å². The van der Waals surface area contributed by atoms with E-state index in [-0.39, 0.29) is 22.8 Å². The summed E-state index contributed by atoms with van der Waals surface area (Å²) >= 11 is 1.24. The van der Waals surface area contributed by atoms with E-state index >= 15 is 0 Å². The molecule has 0 fully saturated rings. The Morgan fingerprint density at radius 3 is 2.90 bits per heavy atom. The second-order valence-corrected chi connectivity index (χ2v) is 4.79. The van der Waals surface area contributed by atoms with Crippen LogP contribution in [0.25, 0.3) is 11.3 Å². The third kappa shape index (κ3) is 2.85. The lowest BCUT2D eigenvalue weighted by Gasteiger charge is -2.11. The van der Waals surface area contributed by atoms with Crippen LogP contribution in [-0.2, 0) is 0 Å². The number of aromatic hydroxyl groups is 1. The maximum absolute atomic E-state index is 11.9. The van der Waals surface area contributed by atoms with Crippen LogP contribution in [0.15, 0.2) is 28.2 Å². The summed E-state index contributed by atoms with van der Waals surface area (Å²) < 4.78 is 5.31. The number of para-hydroxylation sites is 1. The smallest absolute Gasteiger partial charge is 0.270 e. The number of nitriles is 1. The van der Waals surface area contributed by atoms with Crippen LogP contribution in [0.4, 0.5) is 0 Å². The van der Waals surface area contributed by atoms with Gasteiger partial charge in [0.05, 0.1) is 6.61 Å². The maximum Gasteiger partial charge on any atom is 0.270 e. The first-order valence-electron chi connectivity index (χ1n) is 6.15. The highest BCUT2D eigenvalue weighted by atomic mass is 32.2. The molecule has 1 heterocycles. The number of nitrogens with one attached hydrogen (secondary N) is 1. The van der Waals surface area contributed by atoms with Gasteiger partial charge < -0.3 is 14.8 Å². The van der Waals surface area contributed by atoms with Gasteiger partial charge in [-0.15, -0.1) is 0 Å². The van der Waals surface area contributed by atoms with Crippen molar-refractivity contribution in [1.29, 1.82) is 5.26 Å². The van der Waals surface area contributed by atoms with Crippen LogP contribution in [0.5, 0.6) is 11.5 Å². The second kappa shape index (κ2) is 6.33. The van der Waals surface area contributed by atoms with Gasteiger partial charge in [-0.1, -0.05) is 17.8 Å². The van der Waals surface area contributed by atoms with E-state index in [2.05, 4.69) is 9.97 Å². The highest BCUT2D eigenvalue weighted by Crippen LogP contribution is 2.37. The van der Waals surface area contributed by atoms with Crippen molar-refractivity contribution in [3.8, 4) is 28.8 Å². The molecular formula is C14H13N3O3S. The molecule has 1 aromatic carbocycles. The number of H-pyrrole nitrogens is 1. The van der Waals surface area contributed by atoms with Gasteiger partial charge in [-0.05, 0) is 25.3 Å². The Morgan fingerprint density at radius 2 is 2.29 bits per heavy atom. The molecule has 6 nitrogen and oxygen atoms in total. The number of rotatable bonds is 4. The lowest BCUT2D eigenvalue weighted by Crippen LogP contribution is -2.14. The molecule has 0 saturated heterocycles. The quantitative estimate of drug-likeness (QED) is 0.663. The summed E-state index contributed by atoms with van der Waals surface area (Å²) in [6.07, 6.45) is 1.75. The van der Waals surface area contributed by atoms with Crippen molar-refractivity contribution < 1.29 is 9.84 Å².